The summed E-state index contributed by atoms with van der Waals surface area (Å²) in [4.78, 5) is 0. The topological polar surface area (TPSA) is 9.23 Å². The zero-order valence-electron chi connectivity index (χ0n) is 11.4. The Morgan fingerprint density at radius 3 is 2.14 bits per heavy atom. The Morgan fingerprint density at radius 1 is 0.810 bits per heavy atom. The quantitative estimate of drug-likeness (QED) is 0.742. The number of ether oxygens (including phenoxy) is 1. The first-order valence-electron chi connectivity index (χ1n) is 6.57. The van der Waals surface area contributed by atoms with Crippen molar-refractivity contribution in [2.75, 3.05) is 6.61 Å². The Balaban J connectivity index is 2.17. The molecule has 1 nitrogen and oxygen atoms in total. The predicted molar refractivity (Wildman–Crippen MR) is 71.3 cm³/mol. The molecule has 2 rings (SSSR count). The van der Waals surface area contributed by atoms with Gasteiger partial charge >= 0.3 is 0 Å². The summed E-state index contributed by atoms with van der Waals surface area (Å²) in [6.07, 6.45) is 0.142. The van der Waals surface area contributed by atoms with Crippen molar-refractivity contribution in [2.24, 2.45) is 0 Å². The first kappa shape index (κ1) is 15.4. The Labute approximate surface area is 120 Å². The van der Waals surface area contributed by atoms with Gasteiger partial charge in [0.05, 0.1) is 6.61 Å². The second kappa shape index (κ2) is 6.61. The van der Waals surface area contributed by atoms with E-state index in [1.54, 1.807) is 6.92 Å². The second-order valence-electron chi connectivity index (χ2n) is 4.50. The van der Waals surface area contributed by atoms with Crippen molar-refractivity contribution in [3.05, 3.63) is 64.7 Å². The average Bonchev–Trinajstić information content (AvgIpc) is 2.47. The minimum atomic E-state index is -1.06. The van der Waals surface area contributed by atoms with E-state index in [1.165, 1.54) is 24.3 Å². The normalized spacial score (nSPS) is 10.7. The molecule has 0 radical (unpaired) electrons. The molecule has 0 amide bonds. The summed E-state index contributed by atoms with van der Waals surface area (Å²) in [6.45, 7) is 1.89. The van der Waals surface area contributed by atoms with Crippen LogP contribution in [0.15, 0.2) is 30.3 Å². The largest absolute Gasteiger partial charge is 0.491 e. The molecule has 0 aliphatic heterocycles. The zero-order chi connectivity index (χ0) is 15.4. The summed E-state index contributed by atoms with van der Waals surface area (Å²) in [5.41, 5.74) is 0.225. The van der Waals surface area contributed by atoms with Crippen molar-refractivity contribution in [2.45, 2.75) is 19.8 Å². The predicted octanol–water partition coefficient (Wildman–Crippen LogP) is 4.43. The Morgan fingerprint density at radius 2 is 1.48 bits per heavy atom. The number of benzene rings is 2. The molecule has 0 saturated carbocycles. The average molecular weight is 298 g/mol. The van der Waals surface area contributed by atoms with E-state index >= 15 is 0 Å². The highest BCUT2D eigenvalue weighted by atomic mass is 19.2. The molecule has 0 N–H and O–H groups in total. The van der Waals surface area contributed by atoms with E-state index in [0.29, 0.717) is 0 Å². The molecule has 0 unspecified atom stereocenters. The monoisotopic (exact) mass is 298 g/mol. The summed E-state index contributed by atoms with van der Waals surface area (Å²) in [7, 11) is 0. The van der Waals surface area contributed by atoms with Crippen molar-refractivity contribution in [1.29, 1.82) is 0 Å². The van der Waals surface area contributed by atoms with Crippen molar-refractivity contribution >= 4 is 0 Å². The van der Waals surface area contributed by atoms with E-state index in [2.05, 4.69) is 0 Å². The molecular formula is C16H14F4O. The minimum absolute atomic E-state index is 0.0650. The van der Waals surface area contributed by atoms with E-state index in [0.717, 1.165) is 6.07 Å². The van der Waals surface area contributed by atoms with Crippen LogP contribution < -0.4 is 4.74 Å². The maximum absolute atomic E-state index is 13.8. The van der Waals surface area contributed by atoms with Crippen LogP contribution in [0.4, 0.5) is 17.6 Å². The molecule has 0 fully saturated rings. The van der Waals surface area contributed by atoms with E-state index < -0.39 is 23.3 Å². The number of aryl methyl sites for hydroxylation is 2. The highest BCUT2D eigenvalue weighted by molar-refractivity contribution is 5.32. The van der Waals surface area contributed by atoms with Gasteiger partial charge in [0.25, 0.3) is 0 Å². The fraction of sp³-hybridized carbons (Fsp3) is 0.250. The van der Waals surface area contributed by atoms with Crippen LogP contribution in [0.5, 0.6) is 5.75 Å². The number of halogens is 4. The number of hydrogen-bond donors (Lipinski definition) is 0. The van der Waals surface area contributed by atoms with Gasteiger partial charge in [0.15, 0.2) is 23.2 Å². The van der Waals surface area contributed by atoms with Gasteiger partial charge < -0.3 is 4.74 Å². The van der Waals surface area contributed by atoms with E-state index in [4.69, 9.17) is 4.74 Å². The highest BCUT2D eigenvalue weighted by Crippen LogP contribution is 2.24. The molecule has 112 valence electrons. The van der Waals surface area contributed by atoms with Gasteiger partial charge in [0.2, 0.25) is 5.82 Å². The lowest BCUT2D eigenvalue weighted by molar-refractivity contribution is 0.313. The Hall–Kier alpha value is -2.04. The molecule has 0 bridgehead atoms. The van der Waals surface area contributed by atoms with Crippen LogP contribution in [0, 0.1) is 23.3 Å². The summed E-state index contributed by atoms with van der Waals surface area (Å²) >= 11 is 0. The molecule has 2 aromatic rings. The lowest BCUT2D eigenvalue weighted by Crippen LogP contribution is -2.03. The van der Waals surface area contributed by atoms with E-state index in [-0.39, 0.29) is 36.3 Å². The van der Waals surface area contributed by atoms with Crippen molar-refractivity contribution in [1.82, 2.24) is 0 Å². The standard InChI is InChI=1S/C16H14F4O/c1-2-21-13-9-8-11(15(19)16(13)20)7-6-10-4-3-5-12(17)14(10)18/h3-5,8-9H,2,6-7H2,1H3. The second-order valence-corrected chi connectivity index (χ2v) is 4.50. The van der Waals surface area contributed by atoms with Gasteiger partial charge in [-0.3, -0.25) is 0 Å². The van der Waals surface area contributed by atoms with Gasteiger partial charge in [0, 0.05) is 0 Å². The molecule has 2 aromatic carbocycles. The Kier molecular flexibility index (Phi) is 4.83. The lowest BCUT2D eigenvalue weighted by atomic mass is 10.0. The van der Waals surface area contributed by atoms with Crippen LogP contribution >= 0.6 is 0 Å². The smallest absolute Gasteiger partial charge is 0.200 e. The van der Waals surface area contributed by atoms with Gasteiger partial charge in [-0.05, 0) is 43.0 Å². The third kappa shape index (κ3) is 3.35. The summed E-state index contributed by atoms with van der Waals surface area (Å²) in [6, 6.07) is 6.53. The van der Waals surface area contributed by atoms with Crippen LogP contribution in [0.1, 0.15) is 18.1 Å². The molecule has 0 saturated heterocycles. The van der Waals surface area contributed by atoms with Gasteiger partial charge in [-0.15, -0.1) is 0 Å². The lowest BCUT2D eigenvalue weighted by Gasteiger charge is -2.09. The molecule has 0 aliphatic rings. The molecule has 0 aliphatic carbocycles. The third-order valence-electron chi connectivity index (χ3n) is 3.12. The maximum Gasteiger partial charge on any atom is 0.200 e. The molecule has 5 heteroatoms. The number of hydrogen-bond acceptors (Lipinski definition) is 1. The van der Waals surface area contributed by atoms with Gasteiger partial charge in [0.1, 0.15) is 0 Å². The van der Waals surface area contributed by atoms with Crippen LogP contribution in [-0.4, -0.2) is 6.61 Å². The van der Waals surface area contributed by atoms with Crippen LogP contribution in [0.3, 0.4) is 0 Å². The third-order valence-corrected chi connectivity index (χ3v) is 3.12. The highest BCUT2D eigenvalue weighted by Gasteiger charge is 2.15. The van der Waals surface area contributed by atoms with Crippen molar-refractivity contribution in [3.8, 4) is 5.75 Å². The first-order chi connectivity index (χ1) is 10.0. The SMILES string of the molecule is CCOc1ccc(CCc2cccc(F)c2F)c(F)c1F. The summed E-state index contributed by atoms with van der Waals surface area (Å²) in [5, 5.41) is 0. The molecule has 0 atom stereocenters. The van der Waals surface area contributed by atoms with Gasteiger partial charge in [-0.1, -0.05) is 18.2 Å². The minimum Gasteiger partial charge on any atom is -0.491 e. The molecular weight excluding hydrogens is 284 g/mol. The van der Waals surface area contributed by atoms with E-state index in [1.807, 2.05) is 0 Å². The number of rotatable bonds is 5. The van der Waals surface area contributed by atoms with Gasteiger partial charge in [-0.2, -0.15) is 4.39 Å². The van der Waals surface area contributed by atoms with E-state index in [9.17, 15) is 17.6 Å². The van der Waals surface area contributed by atoms with Crippen molar-refractivity contribution in [3.63, 3.8) is 0 Å². The zero-order valence-corrected chi connectivity index (χ0v) is 11.4. The Bertz CT molecular complexity index is 640. The molecule has 0 aromatic heterocycles. The maximum atomic E-state index is 13.8. The van der Waals surface area contributed by atoms with Crippen LogP contribution in [0.25, 0.3) is 0 Å². The summed E-state index contributed by atoms with van der Waals surface area (Å²) < 4.78 is 59.0. The van der Waals surface area contributed by atoms with Gasteiger partial charge in [-0.25, -0.2) is 13.2 Å². The van der Waals surface area contributed by atoms with Crippen molar-refractivity contribution < 1.29 is 22.3 Å². The van der Waals surface area contributed by atoms with Crippen LogP contribution in [0.2, 0.25) is 0 Å². The van der Waals surface area contributed by atoms with Crippen LogP contribution in [-0.2, 0) is 12.8 Å². The molecule has 0 heterocycles. The summed E-state index contributed by atoms with van der Waals surface area (Å²) in [5.74, 6) is -4.14. The fourth-order valence-corrected chi connectivity index (χ4v) is 2.04. The molecule has 21 heavy (non-hydrogen) atoms. The molecule has 0 spiro atoms. The fourth-order valence-electron chi connectivity index (χ4n) is 2.04. The first-order valence-corrected chi connectivity index (χ1v) is 6.57.